The summed E-state index contributed by atoms with van der Waals surface area (Å²) in [4.78, 5) is 12.1. The largest absolute Gasteiger partial charge is 0.459 e. The molecule has 4 nitrogen and oxygen atoms in total. The van der Waals surface area contributed by atoms with E-state index in [1.807, 2.05) is 27.7 Å². The first-order chi connectivity index (χ1) is 7.94. The van der Waals surface area contributed by atoms with Crippen LogP contribution in [-0.2, 0) is 9.53 Å². The lowest BCUT2D eigenvalue weighted by Gasteiger charge is -2.32. The summed E-state index contributed by atoms with van der Waals surface area (Å²) in [5, 5.41) is 6.59. The van der Waals surface area contributed by atoms with Gasteiger partial charge in [0.05, 0.1) is 0 Å². The van der Waals surface area contributed by atoms with E-state index in [1.54, 1.807) is 0 Å². The first kappa shape index (κ1) is 14.5. The van der Waals surface area contributed by atoms with Crippen LogP contribution in [0.1, 0.15) is 40.5 Å². The molecule has 0 spiro atoms. The van der Waals surface area contributed by atoms with Gasteiger partial charge in [-0.2, -0.15) is 0 Å². The van der Waals surface area contributed by atoms with Gasteiger partial charge in [-0.3, -0.25) is 4.79 Å². The van der Waals surface area contributed by atoms with E-state index in [1.165, 1.54) is 0 Å². The molecule has 1 heterocycles. The SMILES string of the molecule is CCNC(C(=O)OC(C)(C)C)C1CCNCC1. The van der Waals surface area contributed by atoms with Gasteiger partial charge in [-0.1, -0.05) is 6.92 Å². The molecule has 0 bridgehead atoms. The second kappa shape index (κ2) is 6.36. The molecule has 1 fully saturated rings. The van der Waals surface area contributed by atoms with Gasteiger partial charge in [0.2, 0.25) is 0 Å². The Kier molecular flexibility index (Phi) is 5.40. The summed E-state index contributed by atoms with van der Waals surface area (Å²) in [6.45, 7) is 10.6. The lowest BCUT2D eigenvalue weighted by Crippen LogP contribution is -2.49. The normalized spacial score (nSPS) is 20.0. The molecule has 1 unspecified atom stereocenters. The average molecular weight is 242 g/mol. The Balaban J connectivity index is 2.60. The quantitative estimate of drug-likeness (QED) is 0.730. The minimum atomic E-state index is -0.405. The summed E-state index contributed by atoms with van der Waals surface area (Å²) in [6, 6.07) is -0.152. The van der Waals surface area contributed by atoms with E-state index in [0.29, 0.717) is 5.92 Å². The van der Waals surface area contributed by atoms with Crippen molar-refractivity contribution >= 4 is 5.97 Å². The van der Waals surface area contributed by atoms with E-state index in [0.717, 1.165) is 32.5 Å². The molecule has 0 saturated carbocycles. The lowest BCUT2D eigenvalue weighted by molar-refractivity contribution is -0.159. The van der Waals surface area contributed by atoms with E-state index in [4.69, 9.17) is 4.74 Å². The van der Waals surface area contributed by atoms with Gasteiger partial charge in [-0.25, -0.2) is 0 Å². The maximum Gasteiger partial charge on any atom is 0.323 e. The molecule has 0 amide bonds. The van der Waals surface area contributed by atoms with Crippen LogP contribution >= 0.6 is 0 Å². The Morgan fingerprint density at radius 2 is 2.00 bits per heavy atom. The first-order valence-electron chi connectivity index (χ1n) is 6.61. The van der Waals surface area contributed by atoms with Crippen LogP contribution in [-0.4, -0.2) is 37.2 Å². The predicted octanol–water partition coefficient (Wildman–Crippen LogP) is 1.31. The maximum absolute atomic E-state index is 12.1. The predicted molar refractivity (Wildman–Crippen MR) is 68.9 cm³/mol. The Hall–Kier alpha value is -0.610. The molecule has 0 radical (unpaired) electrons. The second-order valence-corrected chi connectivity index (χ2v) is 5.66. The monoisotopic (exact) mass is 242 g/mol. The van der Waals surface area contributed by atoms with E-state index in [2.05, 4.69) is 10.6 Å². The molecule has 0 aromatic carbocycles. The third-order valence-corrected chi connectivity index (χ3v) is 2.94. The highest BCUT2D eigenvalue weighted by Crippen LogP contribution is 2.19. The highest BCUT2D eigenvalue weighted by Gasteiger charge is 2.32. The zero-order valence-corrected chi connectivity index (χ0v) is 11.5. The zero-order chi connectivity index (χ0) is 12.9. The topological polar surface area (TPSA) is 50.4 Å². The van der Waals surface area contributed by atoms with Crippen molar-refractivity contribution in [2.24, 2.45) is 5.92 Å². The van der Waals surface area contributed by atoms with Crippen LogP contribution in [0.4, 0.5) is 0 Å². The number of carbonyl (C=O) groups is 1. The number of carbonyl (C=O) groups excluding carboxylic acids is 1. The lowest BCUT2D eigenvalue weighted by atomic mass is 9.90. The van der Waals surface area contributed by atoms with Gasteiger partial charge in [0.15, 0.2) is 0 Å². The number of hydrogen-bond donors (Lipinski definition) is 2. The van der Waals surface area contributed by atoms with Crippen molar-refractivity contribution in [1.82, 2.24) is 10.6 Å². The average Bonchev–Trinajstić information content (AvgIpc) is 2.24. The summed E-state index contributed by atoms with van der Waals surface area (Å²) in [5.74, 6) is 0.289. The molecule has 0 aromatic rings. The summed E-state index contributed by atoms with van der Waals surface area (Å²) in [7, 11) is 0. The van der Waals surface area contributed by atoms with E-state index in [-0.39, 0.29) is 12.0 Å². The fraction of sp³-hybridized carbons (Fsp3) is 0.923. The first-order valence-corrected chi connectivity index (χ1v) is 6.61. The smallest absolute Gasteiger partial charge is 0.323 e. The Morgan fingerprint density at radius 1 is 1.41 bits per heavy atom. The third kappa shape index (κ3) is 5.04. The highest BCUT2D eigenvalue weighted by atomic mass is 16.6. The highest BCUT2D eigenvalue weighted by molar-refractivity contribution is 5.76. The Labute approximate surface area is 104 Å². The number of nitrogens with one attached hydrogen (secondary N) is 2. The second-order valence-electron chi connectivity index (χ2n) is 5.66. The van der Waals surface area contributed by atoms with Gasteiger partial charge < -0.3 is 15.4 Å². The molecule has 1 atom stereocenters. The van der Waals surface area contributed by atoms with Crippen LogP contribution in [0.25, 0.3) is 0 Å². The minimum Gasteiger partial charge on any atom is -0.459 e. The number of piperidine rings is 1. The molecule has 1 saturated heterocycles. The van der Waals surface area contributed by atoms with Gasteiger partial charge in [-0.05, 0) is 59.2 Å². The van der Waals surface area contributed by atoms with E-state index < -0.39 is 5.60 Å². The van der Waals surface area contributed by atoms with Crippen molar-refractivity contribution in [3.8, 4) is 0 Å². The van der Waals surface area contributed by atoms with Gasteiger partial charge in [0, 0.05) is 0 Å². The summed E-state index contributed by atoms with van der Waals surface area (Å²) < 4.78 is 5.48. The van der Waals surface area contributed by atoms with Crippen molar-refractivity contribution in [3.63, 3.8) is 0 Å². The van der Waals surface area contributed by atoms with Crippen LogP contribution < -0.4 is 10.6 Å². The van der Waals surface area contributed by atoms with Gasteiger partial charge in [-0.15, -0.1) is 0 Å². The molecule has 17 heavy (non-hydrogen) atoms. The number of ether oxygens (including phenoxy) is 1. The molecule has 0 aliphatic carbocycles. The van der Waals surface area contributed by atoms with Crippen molar-refractivity contribution < 1.29 is 9.53 Å². The van der Waals surface area contributed by atoms with E-state index >= 15 is 0 Å². The van der Waals surface area contributed by atoms with Crippen molar-refractivity contribution in [1.29, 1.82) is 0 Å². The van der Waals surface area contributed by atoms with Gasteiger partial charge in [0.25, 0.3) is 0 Å². The molecule has 1 aliphatic heterocycles. The molecule has 1 rings (SSSR count). The van der Waals surface area contributed by atoms with Crippen LogP contribution in [0.2, 0.25) is 0 Å². The van der Waals surface area contributed by atoms with Crippen LogP contribution in [0.3, 0.4) is 0 Å². The number of hydrogen-bond acceptors (Lipinski definition) is 4. The summed E-state index contributed by atoms with van der Waals surface area (Å²) >= 11 is 0. The number of esters is 1. The minimum absolute atomic E-state index is 0.105. The third-order valence-electron chi connectivity index (χ3n) is 2.94. The zero-order valence-electron chi connectivity index (χ0n) is 11.5. The van der Waals surface area contributed by atoms with Gasteiger partial charge in [0.1, 0.15) is 11.6 Å². The van der Waals surface area contributed by atoms with Gasteiger partial charge >= 0.3 is 5.97 Å². The standard InChI is InChI=1S/C13H26N2O2/c1-5-15-11(10-6-8-14-9-7-10)12(16)17-13(2,3)4/h10-11,14-15H,5-9H2,1-4H3. The van der Waals surface area contributed by atoms with Crippen molar-refractivity contribution in [2.75, 3.05) is 19.6 Å². The molecular weight excluding hydrogens is 216 g/mol. The summed E-state index contributed by atoms with van der Waals surface area (Å²) in [6.07, 6.45) is 2.08. The van der Waals surface area contributed by atoms with Crippen molar-refractivity contribution in [3.05, 3.63) is 0 Å². The molecular formula is C13H26N2O2. The van der Waals surface area contributed by atoms with Crippen LogP contribution in [0, 0.1) is 5.92 Å². The fourth-order valence-corrected chi connectivity index (χ4v) is 2.21. The molecule has 0 aromatic heterocycles. The molecule has 2 N–H and O–H groups in total. The molecule has 100 valence electrons. The molecule has 1 aliphatic rings. The number of rotatable bonds is 4. The fourth-order valence-electron chi connectivity index (χ4n) is 2.21. The van der Waals surface area contributed by atoms with E-state index in [9.17, 15) is 4.79 Å². The van der Waals surface area contributed by atoms with Crippen molar-refractivity contribution in [2.45, 2.75) is 52.2 Å². The Bertz CT molecular complexity index is 242. The van der Waals surface area contributed by atoms with Crippen LogP contribution in [0.15, 0.2) is 0 Å². The van der Waals surface area contributed by atoms with Crippen LogP contribution in [0.5, 0.6) is 0 Å². The molecule has 4 heteroatoms. The maximum atomic E-state index is 12.1. The Morgan fingerprint density at radius 3 is 2.47 bits per heavy atom. The summed E-state index contributed by atoms with van der Waals surface area (Å²) in [5.41, 5.74) is -0.405. The number of likely N-dealkylation sites (N-methyl/N-ethyl adjacent to an activating group) is 1.